The van der Waals surface area contributed by atoms with Gasteiger partial charge >= 0.3 is 0 Å². The second-order valence-electron chi connectivity index (χ2n) is 4.64. The Morgan fingerprint density at radius 1 is 1.44 bits per heavy atom. The van der Waals surface area contributed by atoms with Crippen molar-refractivity contribution in [3.05, 3.63) is 28.8 Å². The van der Waals surface area contributed by atoms with Crippen LogP contribution in [-0.4, -0.2) is 17.9 Å². The summed E-state index contributed by atoms with van der Waals surface area (Å²) in [4.78, 5) is 25.2. The number of rotatable bonds is 2. The lowest BCUT2D eigenvalue weighted by Crippen LogP contribution is -2.39. The van der Waals surface area contributed by atoms with Crippen molar-refractivity contribution >= 4 is 29.1 Å². The largest absolute Gasteiger partial charge is 0.341 e. The third kappa shape index (κ3) is 2.08. The van der Waals surface area contributed by atoms with Crippen LogP contribution >= 0.6 is 11.6 Å². The van der Waals surface area contributed by atoms with Crippen LogP contribution in [-0.2, 0) is 9.59 Å². The van der Waals surface area contributed by atoms with Crippen molar-refractivity contribution in [1.82, 2.24) is 5.32 Å². The molecule has 0 unspecified atom stereocenters. The zero-order chi connectivity index (χ0) is 13.4. The molecule has 0 spiro atoms. The van der Waals surface area contributed by atoms with Gasteiger partial charge in [-0.05, 0) is 32.0 Å². The summed E-state index contributed by atoms with van der Waals surface area (Å²) < 4.78 is 0. The minimum Gasteiger partial charge on any atom is -0.341 e. The summed E-state index contributed by atoms with van der Waals surface area (Å²) in [5.74, 6) is -0.345. The Balaban J connectivity index is 2.50. The molecular weight excluding hydrogens is 252 g/mol. The van der Waals surface area contributed by atoms with Gasteiger partial charge < -0.3 is 10.2 Å². The number of fused-ring (bicyclic) bond motifs is 1. The molecule has 1 aromatic rings. The average Bonchev–Trinajstić information content (AvgIpc) is 2.52. The number of halogens is 1. The Morgan fingerprint density at radius 3 is 2.67 bits per heavy atom. The highest BCUT2D eigenvalue weighted by molar-refractivity contribution is 6.31. The Bertz CT molecular complexity index is 514. The van der Waals surface area contributed by atoms with Crippen LogP contribution in [0.1, 0.15) is 32.4 Å². The van der Waals surface area contributed by atoms with Gasteiger partial charge in [0.15, 0.2) is 0 Å². The number of anilines is 1. The molecule has 1 aliphatic heterocycles. The van der Waals surface area contributed by atoms with E-state index in [-0.39, 0.29) is 17.9 Å². The number of nitrogens with one attached hydrogen (secondary N) is 1. The molecule has 5 heteroatoms. The summed E-state index contributed by atoms with van der Waals surface area (Å²) in [6, 6.07) is 4.71. The van der Waals surface area contributed by atoms with Crippen LogP contribution in [0.4, 0.5) is 5.69 Å². The summed E-state index contributed by atoms with van der Waals surface area (Å²) in [6.45, 7) is 5.27. The Morgan fingerprint density at radius 2 is 2.11 bits per heavy atom. The highest BCUT2D eigenvalue weighted by Crippen LogP contribution is 2.38. The van der Waals surface area contributed by atoms with Crippen LogP contribution in [0.5, 0.6) is 0 Å². The molecule has 0 saturated carbocycles. The number of hydrogen-bond acceptors (Lipinski definition) is 2. The van der Waals surface area contributed by atoms with Crippen LogP contribution in [0.15, 0.2) is 18.2 Å². The quantitative estimate of drug-likeness (QED) is 0.893. The van der Waals surface area contributed by atoms with Gasteiger partial charge in [0.25, 0.3) is 5.91 Å². The fourth-order valence-electron chi connectivity index (χ4n) is 2.24. The number of nitrogens with zero attached hydrogens (tertiary/aromatic N) is 1. The Kier molecular flexibility index (Phi) is 3.30. The van der Waals surface area contributed by atoms with E-state index in [1.54, 1.807) is 17.0 Å². The SMILES string of the molecule is CC(=O)N[C@H]1C(=O)N(C(C)C)c2ccc(Cl)cc21. The van der Waals surface area contributed by atoms with Crippen LogP contribution in [0, 0.1) is 0 Å². The molecule has 0 fully saturated rings. The first-order chi connectivity index (χ1) is 8.41. The van der Waals surface area contributed by atoms with Gasteiger partial charge in [0, 0.05) is 29.2 Å². The fraction of sp³-hybridized carbons (Fsp3) is 0.385. The van der Waals surface area contributed by atoms with Gasteiger partial charge in [0.05, 0.1) is 0 Å². The van der Waals surface area contributed by atoms with Crippen molar-refractivity contribution in [2.75, 3.05) is 4.90 Å². The average molecular weight is 267 g/mol. The van der Waals surface area contributed by atoms with Crippen molar-refractivity contribution in [2.24, 2.45) is 0 Å². The second kappa shape index (κ2) is 4.61. The summed E-state index contributed by atoms with van der Waals surface area (Å²) in [7, 11) is 0. The number of amides is 2. The van der Waals surface area contributed by atoms with Gasteiger partial charge in [-0.3, -0.25) is 9.59 Å². The van der Waals surface area contributed by atoms with E-state index in [2.05, 4.69) is 5.32 Å². The molecule has 2 amide bonds. The Labute approximate surface area is 111 Å². The molecule has 18 heavy (non-hydrogen) atoms. The minimum absolute atomic E-state index is 0.0381. The van der Waals surface area contributed by atoms with Gasteiger partial charge in [-0.25, -0.2) is 0 Å². The molecule has 4 nitrogen and oxygen atoms in total. The smallest absolute Gasteiger partial charge is 0.254 e. The van der Waals surface area contributed by atoms with Gasteiger partial charge in [0.2, 0.25) is 5.91 Å². The zero-order valence-corrected chi connectivity index (χ0v) is 11.3. The molecule has 0 radical (unpaired) electrons. The number of benzene rings is 1. The van der Waals surface area contributed by atoms with Crippen molar-refractivity contribution in [3.8, 4) is 0 Å². The lowest BCUT2D eigenvalue weighted by atomic mass is 10.1. The molecular formula is C13H15ClN2O2. The molecule has 0 bridgehead atoms. The molecule has 0 aliphatic carbocycles. The lowest BCUT2D eigenvalue weighted by molar-refractivity contribution is -0.126. The van der Waals surface area contributed by atoms with Crippen LogP contribution < -0.4 is 10.2 Å². The fourth-order valence-corrected chi connectivity index (χ4v) is 2.42. The molecule has 96 valence electrons. The molecule has 1 aromatic carbocycles. The van der Waals surface area contributed by atoms with E-state index in [0.717, 1.165) is 11.3 Å². The summed E-state index contributed by atoms with van der Waals surface area (Å²) in [5.41, 5.74) is 1.58. The zero-order valence-electron chi connectivity index (χ0n) is 10.5. The second-order valence-corrected chi connectivity index (χ2v) is 5.08. The molecule has 0 saturated heterocycles. The van der Waals surface area contributed by atoms with Gasteiger partial charge in [-0.2, -0.15) is 0 Å². The third-order valence-corrected chi connectivity index (χ3v) is 3.14. The number of carbonyl (C=O) groups excluding carboxylic acids is 2. The molecule has 1 aliphatic rings. The van der Waals surface area contributed by atoms with E-state index < -0.39 is 6.04 Å². The van der Waals surface area contributed by atoms with Crippen LogP contribution in [0.2, 0.25) is 5.02 Å². The van der Waals surface area contributed by atoms with E-state index in [1.807, 2.05) is 19.9 Å². The molecule has 2 rings (SSSR count). The highest BCUT2D eigenvalue weighted by Gasteiger charge is 2.39. The standard InChI is InChI=1S/C13H15ClN2O2/c1-7(2)16-11-5-4-9(14)6-10(11)12(13(16)18)15-8(3)17/h4-7,12H,1-3H3,(H,15,17)/t12-/m1/s1. The normalized spacial score (nSPS) is 18.2. The first-order valence-electron chi connectivity index (χ1n) is 5.81. The first kappa shape index (κ1) is 12.9. The summed E-state index contributed by atoms with van der Waals surface area (Å²) >= 11 is 5.96. The number of hydrogen-bond donors (Lipinski definition) is 1. The number of carbonyl (C=O) groups is 2. The Hall–Kier alpha value is -1.55. The van der Waals surface area contributed by atoms with Gasteiger partial charge in [0.1, 0.15) is 6.04 Å². The van der Waals surface area contributed by atoms with Crippen LogP contribution in [0.3, 0.4) is 0 Å². The van der Waals surface area contributed by atoms with Crippen molar-refractivity contribution in [3.63, 3.8) is 0 Å². The lowest BCUT2D eigenvalue weighted by Gasteiger charge is -2.22. The molecule has 1 N–H and O–H groups in total. The predicted octanol–water partition coefficient (Wildman–Crippen LogP) is 2.27. The van der Waals surface area contributed by atoms with E-state index in [9.17, 15) is 9.59 Å². The van der Waals surface area contributed by atoms with Crippen molar-refractivity contribution < 1.29 is 9.59 Å². The highest BCUT2D eigenvalue weighted by atomic mass is 35.5. The predicted molar refractivity (Wildman–Crippen MR) is 70.6 cm³/mol. The van der Waals surface area contributed by atoms with Crippen molar-refractivity contribution in [1.29, 1.82) is 0 Å². The van der Waals surface area contributed by atoms with E-state index in [1.165, 1.54) is 6.92 Å². The van der Waals surface area contributed by atoms with Gasteiger partial charge in [-0.15, -0.1) is 0 Å². The summed E-state index contributed by atoms with van der Waals surface area (Å²) in [6.07, 6.45) is 0. The monoisotopic (exact) mass is 266 g/mol. The maximum absolute atomic E-state index is 12.3. The minimum atomic E-state index is -0.626. The maximum Gasteiger partial charge on any atom is 0.254 e. The van der Waals surface area contributed by atoms with Crippen molar-refractivity contribution in [2.45, 2.75) is 32.9 Å². The topological polar surface area (TPSA) is 49.4 Å². The first-order valence-corrected chi connectivity index (χ1v) is 6.19. The van der Waals surface area contributed by atoms with E-state index in [4.69, 9.17) is 11.6 Å². The third-order valence-electron chi connectivity index (χ3n) is 2.91. The molecule has 1 heterocycles. The van der Waals surface area contributed by atoms with E-state index in [0.29, 0.717) is 5.02 Å². The van der Waals surface area contributed by atoms with E-state index >= 15 is 0 Å². The van der Waals surface area contributed by atoms with Crippen LogP contribution in [0.25, 0.3) is 0 Å². The molecule has 0 aromatic heterocycles. The summed E-state index contributed by atoms with van der Waals surface area (Å²) in [5, 5.41) is 3.23. The van der Waals surface area contributed by atoms with Gasteiger partial charge in [-0.1, -0.05) is 11.6 Å². The maximum atomic E-state index is 12.3. The molecule has 1 atom stereocenters.